The second kappa shape index (κ2) is 5.95. The minimum absolute atomic E-state index is 0.354. The minimum Gasteiger partial charge on any atom is -0.465 e. The number of carbonyl (C=O) groups is 1. The maximum Gasteiger partial charge on any atom is 0.337 e. The first kappa shape index (κ1) is 15.4. The summed E-state index contributed by atoms with van der Waals surface area (Å²) in [5.41, 5.74) is 4.37. The van der Waals surface area contributed by atoms with Crippen LogP contribution in [0, 0.1) is 11.6 Å². The zero-order valence-electron chi connectivity index (χ0n) is 13.0. The van der Waals surface area contributed by atoms with Gasteiger partial charge in [-0.05, 0) is 60.7 Å². The number of halogens is 2. The molecule has 118 valence electrons. The molecule has 0 saturated heterocycles. The lowest BCUT2D eigenvalue weighted by atomic mass is 9.82. The predicted molar refractivity (Wildman–Crippen MR) is 84.2 cm³/mol. The molecule has 4 heteroatoms. The zero-order chi connectivity index (χ0) is 16.6. The number of ether oxygens (including phenoxy) is 1. The summed E-state index contributed by atoms with van der Waals surface area (Å²) in [4.78, 5) is 11.8. The molecule has 0 aliphatic heterocycles. The molecule has 0 radical (unpaired) electrons. The van der Waals surface area contributed by atoms with Crippen LogP contribution in [0.4, 0.5) is 8.78 Å². The van der Waals surface area contributed by atoms with Gasteiger partial charge in [-0.3, -0.25) is 0 Å². The van der Waals surface area contributed by atoms with Crippen LogP contribution in [0.15, 0.2) is 42.0 Å². The van der Waals surface area contributed by atoms with Crippen LogP contribution in [0.1, 0.15) is 40.4 Å². The predicted octanol–water partition coefficient (Wildman–Crippen LogP) is 4.52. The lowest BCUT2D eigenvalue weighted by molar-refractivity contribution is 0.0600. The smallest absolute Gasteiger partial charge is 0.337 e. The summed E-state index contributed by atoms with van der Waals surface area (Å²) in [6, 6.07) is 8.88. The fourth-order valence-electron chi connectivity index (χ4n) is 3.02. The van der Waals surface area contributed by atoms with Crippen LogP contribution >= 0.6 is 0 Å². The SMILES string of the molecule is COC(=O)c1ccc2c(c1)C(c1ccc(F)cc1F)=C(C)CC2. The molecule has 1 aliphatic rings. The van der Waals surface area contributed by atoms with Crippen molar-refractivity contribution in [1.29, 1.82) is 0 Å². The van der Waals surface area contributed by atoms with Crippen molar-refractivity contribution in [3.8, 4) is 0 Å². The van der Waals surface area contributed by atoms with Gasteiger partial charge in [-0.15, -0.1) is 0 Å². The van der Waals surface area contributed by atoms with E-state index in [0.29, 0.717) is 11.1 Å². The molecule has 0 amide bonds. The molecule has 3 rings (SSSR count). The van der Waals surface area contributed by atoms with Gasteiger partial charge in [-0.2, -0.15) is 0 Å². The van der Waals surface area contributed by atoms with Gasteiger partial charge in [0.1, 0.15) is 11.6 Å². The van der Waals surface area contributed by atoms with E-state index in [4.69, 9.17) is 4.74 Å². The quantitative estimate of drug-likeness (QED) is 0.762. The van der Waals surface area contributed by atoms with Crippen molar-refractivity contribution in [2.75, 3.05) is 7.11 Å². The van der Waals surface area contributed by atoms with E-state index in [2.05, 4.69) is 0 Å². The van der Waals surface area contributed by atoms with Crippen molar-refractivity contribution in [2.24, 2.45) is 0 Å². The second-order valence-electron chi connectivity index (χ2n) is 5.64. The van der Waals surface area contributed by atoms with Gasteiger partial charge in [-0.1, -0.05) is 11.6 Å². The molecule has 0 unspecified atom stereocenters. The third-order valence-corrected chi connectivity index (χ3v) is 4.20. The van der Waals surface area contributed by atoms with E-state index in [9.17, 15) is 13.6 Å². The van der Waals surface area contributed by atoms with Crippen molar-refractivity contribution in [3.63, 3.8) is 0 Å². The van der Waals surface area contributed by atoms with Crippen LogP contribution in [0.3, 0.4) is 0 Å². The molecular formula is C19H16F2O2. The van der Waals surface area contributed by atoms with Crippen LogP contribution in [-0.4, -0.2) is 13.1 Å². The van der Waals surface area contributed by atoms with Gasteiger partial charge >= 0.3 is 5.97 Å². The van der Waals surface area contributed by atoms with Crippen LogP contribution in [0.2, 0.25) is 0 Å². The lowest BCUT2D eigenvalue weighted by Gasteiger charge is -2.23. The number of hydrogen-bond donors (Lipinski definition) is 0. The molecule has 1 aliphatic carbocycles. The Bertz CT molecular complexity index is 822. The zero-order valence-corrected chi connectivity index (χ0v) is 13.0. The van der Waals surface area contributed by atoms with E-state index in [1.54, 1.807) is 12.1 Å². The van der Waals surface area contributed by atoms with Crippen molar-refractivity contribution >= 4 is 11.5 Å². The minimum atomic E-state index is -0.608. The van der Waals surface area contributed by atoms with Crippen molar-refractivity contribution in [3.05, 3.63) is 75.9 Å². The molecule has 2 aromatic rings. The molecule has 2 aromatic carbocycles. The topological polar surface area (TPSA) is 26.3 Å². The van der Waals surface area contributed by atoms with E-state index in [1.807, 2.05) is 13.0 Å². The van der Waals surface area contributed by atoms with Gasteiger partial charge in [0.05, 0.1) is 12.7 Å². The number of fused-ring (bicyclic) bond motifs is 1. The summed E-state index contributed by atoms with van der Waals surface area (Å²) < 4.78 is 32.2. The van der Waals surface area contributed by atoms with Crippen LogP contribution in [0.5, 0.6) is 0 Å². The number of esters is 1. The lowest BCUT2D eigenvalue weighted by Crippen LogP contribution is -2.09. The molecule has 0 fully saturated rings. The van der Waals surface area contributed by atoms with E-state index in [-0.39, 0.29) is 0 Å². The molecular weight excluding hydrogens is 298 g/mol. The highest BCUT2D eigenvalue weighted by Crippen LogP contribution is 2.37. The van der Waals surface area contributed by atoms with Crippen LogP contribution in [0.25, 0.3) is 5.57 Å². The summed E-state index contributed by atoms with van der Waals surface area (Å²) in [7, 11) is 1.32. The highest BCUT2D eigenvalue weighted by Gasteiger charge is 2.22. The van der Waals surface area contributed by atoms with Gasteiger partial charge < -0.3 is 4.74 Å². The summed E-state index contributed by atoms with van der Waals surface area (Å²) in [5.74, 6) is -1.64. The highest BCUT2D eigenvalue weighted by molar-refractivity contribution is 5.93. The second-order valence-corrected chi connectivity index (χ2v) is 5.64. The van der Waals surface area contributed by atoms with E-state index < -0.39 is 17.6 Å². The van der Waals surface area contributed by atoms with Crippen LogP contribution < -0.4 is 0 Å². The molecule has 0 heterocycles. The van der Waals surface area contributed by atoms with Crippen molar-refractivity contribution in [1.82, 2.24) is 0 Å². The first-order valence-corrected chi connectivity index (χ1v) is 7.38. The molecule has 2 nitrogen and oxygen atoms in total. The Morgan fingerprint density at radius 1 is 1.04 bits per heavy atom. The van der Waals surface area contributed by atoms with E-state index in [1.165, 1.54) is 19.2 Å². The molecule has 0 bridgehead atoms. The van der Waals surface area contributed by atoms with Gasteiger partial charge in [-0.25, -0.2) is 13.6 Å². The van der Waals surface area contributed by atoms with Crippen molar-refractivity contribution < 1.29 is 18.3 Å². The maximum absolute atomic E-state index is 14.3. The number of benzene rings is 2. The molecule has 0 atom stereocenters. The average molecular weight is 314 g/mol. The van der Waals surface area contributed by atoms with Crippen molar-refractivity contribution in [2.45, 2.75) is 19.8 Å². The highest BCUT2D eigenvalue weighted by atomic mass is 19.1. The monoisotopic (exact) mass is 314 g/mol. The molecule has 0 aromatic heterocycles. The summed E-state index contributed by atoms with van der Waals surface area (Å²) in [5, 5.41) is 0. The average Bonchev–Trinajstić information content (AvgIpc) is 2.54. The normalized spacial score (nSPS) is 13.7. The van der Waals surface area contributed by atoms with Gasteiger partial charge in [0.25, 0.3) is 0 Å². The third kappa shape index (κ3) is 2.77. The number of rotatable bonds is 2. The first-order chi connectivity index (χ1) is 11.0. The van der Waals surface area contributed by atoms with Gasteiger partial charge in [0, 0.05) is 11.6 Å². The fourth-order valence-corrected chi connectivity index (χ4v) is 3.02. The van der Waals surface area contributed by atoms with E-state index in [0.717, 1.165) is 41.2 Å². The maximum atomic E-state index is 14.3. The Hall–Kier alpha value is -2.49. The molecule has 0 N–H and O–H groups in total. The Balaban J connectivity index is 2.20. The number of allylic oxidation sites excluding steroid dienone is 1. The fraction of sp³-hybridized carbons (Fsp3) is 0.211. The number of aryl methyl sites for hydroxylation is 1. The van der Waals surface area contributed by atoms with E-state index >= 15 is 0 Å². The summed E-state index contributed by atoms with van der Waals surface area (Å²) >= 11 is 0. The standard InChI is InChI=1S/C19H16F2O2/c1-11-3-4-12-5-6-13(19(22)23-2)9-16(12)18(11)15-8-7-14(20)10-17(15)21/h5-10H,3-4H2,1-2H3. The Morgan fingerprint density at radius 2 is 1.83 bits per heavy atom. The largest absolute Gasteiger partial charge is 0.465 e. The summed E-state index contributed by atoms with van der Waals surface area (Å²) in [6.45, 7) is 1.94. The number of methoxy groups -OCH3 is 1. The Labute approximate surface area is 133 Å². The summed E-state index contributed by atoms with van der Waals surface area (Å²) in [6.07, 6.45) is 1.63. The first-order valence-electron chi connectivity index (χ1n) is 7.38. The number of carbonyl (C=O) groups excluding carboxylic acids is 1. The molecule has 0 spiro atoms. The Morgan fingerprint density at radius 3 is 2.52 bits per heavy atom. The Kier molecular flexibility index (Phi) is 3.99. The number of hydrogen-bond acceptors (Lipinski definition) is 2. The third-order valence-electron chi connectivity index (χ3n) is 4.20. The van der Waals surface area contributed by atoms with Crippen LogP contribution in [-0.2, 0) is 11.2 Å². The molecule has 0 saturated carbocycles. The molecule has 23 heavy (non-hydrogen) atoms. The van der Waals surface area contributed by atoms with Gasteiger partial charge in [0.2, 0.25) is 0 Å². The van der Waals surface area contributed by atoms with Gasteiger partial charge in [0.15, 0.2) is 0 Å².